The number of aryl methyl sites for hydroxylation is 1. The van der Waals surface area contributed by atoms with Crippen molar-refractivity contribution in [2.45, 2.75) is 5.37 Å². The lowest BCUT2D eigenvalue weighted by Gasteiger charge is -2.36. The molecule has 1 aromatic rings. The van der Waals surface area contributed by atoms with Gasteiger partial charge in [0.15, 0.2) is 5.82 Å². The number of hydrogen-bond donors (Lipinski definition) is 1. The number of rotatable bonds is 2. The third-order valence-electron chi connectivity index (χ3n) is 2.66. The first kappa shape index (κ1) is 11.0. The summed E-state index contributed by atoms with van der Waals surface area (Å²) in [6.45, 7) is 0. The van der Waals surface area contributed by atoms with Crippen LogP contribution < -0.4 is 0 Å². The van der Waals surface area contributed by atoms with Crippen LogP contribution in [0.5, 0.6) is 0 Å². The van der Waals surface area contributed by atoms with Crippen LogP contribution in [0.2, 0.25) is 0 Å². The quantitative estimate of drug-likeness (QED) is 0.599. The molecule has 1 atom stereocenters. The van der Waals surface area contributed by atoms with E-state index >= 15 is 0 Å². The maximum absolute atomic E-state index is 11.8. The van der Waals surface area contributed by atoms with Crippen molar-refractivity contribution in [2.75, 3.05) is 0 Å². The van der Waals surface area contributed by atoms with Gasteiger partial charge in [-0.15, -0.1) is 11.8 Å². The van der Waals surface area contributed by atoms with Crippen LogP contribution in [0.15, 0.2) is 23.0 Å². The Morgan fingerprint density at radius 1 is 1.61 bits per heavy atom. The van der Waals surface area contributed by atoms with E-state index in [0.29, 0.717) is 11.4 Å². The summed E-state index contributed by atoms with van der Waals surface area (Å²) in [5, 5.41) is 14.2. The molecule has 2 aliphatic heterocycles. The average molecular weight is 264 g/mol. The molecule has 7 nitrogen and oxygen atoms in total. The number of carbonyl (C=O) groups is 2. The number of carboxylic acid groups (broad SMARTS) is 1. The highest BCUT2D eigenvalue weighted by atomic mass is 32.2. The van der Waals surface area contributed by atoms with Gasteiger partial charge in [0, 0.05) is 12.5 Å². The highest BCUT2D eigenvalue weighted by Crippen LogP contribution is 2.44. The van der Waals surface area contributed by atoms with E-state index in [-0.39, 0.29) is 17.0 Å². The lowest BCUT2D eigenvalue weighted by atomic mass is 10.0. The molecule has 0 aromatic carbocycles. The molecule has 1 fully saturated rings. The second-order valence-electron chi connectivity index (χ2n) is 3.85. The molecule has 1 N–H and O–H groups in total. The molecule has 0 unspecified atom stereocenters. The van der Waals surface area contributed by atoms with Gasteiger partial charge >= 0.3 is 5.97 Å². The number of carbonyl (C=O) groups excluding carboxylic acids is 1. The zero-order valence-electron chi connectivity index (χ0n) is 9.27. The van der Waals surface area contributed by atoms with Crippen molar-refractivity contribution in [1.29, 1.82) is 0 Å². The molecular formula is C10H8N4O3S. The van der Waals surface area contributed by atoms with Gasteiger partial charge in [-0.2, -0.15) is 5.10 Å². The van der Waals surface area contributed by atoms with Crippen LogP contribution in [0.3, 0.4) is 0 Å². The van der Waals surface area contributed by atoms with Gasteiger partial charge in [0.25, 0.3) is 5.91 Å². The number of carboxylic acids is 1. The maximum atomic E-state index is 11.8. The van der Waals surface area contributed by atoms with Crippen molar-refractivity contribution in [3.8, 4) is 0 Å². The fourth-order valence-electron chi connectivity index (χ4n) is 1.83. The third-order valence-corrected chi connectivity index (χ3v) is 3.74. The van der Waals surface area contributed by atoms with Crippen LogP contribution in [-0.2, 0) is 16.6 Å². The highest BCUT2D eigenvalue weighted by molar-refractivity contribution is 8.03. The van der Waals surface area contributed by atoms with Crippen LogP contribution in [-0.4, -0.2) is 42.0 Å². The van der Waals surface area contributed by atoms with Crippen LogP contribution in [0.25, 0.3) is 6.08 Å². The van der Waals surface area contributed by atoms with E-state index in [9.17, 15) is 9.59 Å². The van der Waals surface area contributed by atoms with Gasteiger partial charge in [-0.05, 0) is 6.08 Å². The van der Waals surface area contributed by atoms with Crippen LogP contribution in [0.4, 0.5) is 0 Å². The highest BCUT2D eigenvalue weighted by Gasteiger charge is 2.49. The smallest absolute Gasteiger partial charge is 0.353 e. The summed E-state index contributed by atoms with van der Waals surface area (Å²) in [5.74, 6) is -0.940. The van der Waals surface area contributed by atoms with Crippen molar-refractivity contribution in [3.05, 3.63) is 28.8 Å². The van der Waals surface area contributed by atoms with Gasteiger partial charge in [-0.1, -0.05) is 0 Å². The molecule has 0 radical (unpaired) electrons. The Kier molecular flexibility index (Phi) is 2.27. The number of nitrogens with zero attached hydrogens (tertiary/aromatic N) is 4. The van der Waals surface area contributed by atoms with Gasteiger partial charge in [0.1, 0.15) is 17.4 Å². The lowest BCUT2D eigenvalue weighted by molar-refractivity contribution is -0.141. The Morgan fingerprint density at radius 3 is 3.00 bits per heavy atom. The Bertz CT molecular complexity index is 618. The van der Waals surface area contributed by atoms with Crippen LogP contribution in [0, 0.1) is 0 Å². The van der Waals surface area contributed by atoms with Crippen molar-refractivity contribution in [2.24, 2.45) is 7.05 Å². The van der Waals surface area contributed by atoms with E-state index in [1.54, 1.807) is 13.1 Å². The van der Waals surface area contributed by atoms with Crippen molar-refractivity contribution in [3.63, 3.8) is 0 Å². The molecule has 0 aliphatic carbocycles. The number of thioether (sulfide) groups is 1. The fourth-order valence-corrected chi connectivity index (χ4v) is 2.95. The van der Waals surface area contributed by atoms with Gasteiger partial charge in [-0.25, -0.2) is 9.78 Å². The first-order valence-corrected chi connectivity index (χ1v) is 6.02. The lowest BCUT2D eigenvalue weighted by Crippen LogP contribution is -2.51. The summed E-state index contributed by atoms with van der Waals surface area (Å²) in [6, 6.07) is 0. The van der Waals surface area contributed by atoms with E-state index in [2.05, 4.69) is 10.1 Å². The first-order chi connectivity index (χ1) is 8.58. The molecular weight excluding hydrogens is 256 g/mol. The van der Waals surface area contributed by atoms with Gasteiger partial charge in [0.2, 0.25) is 0 Å². The molecule has 1 aromatic heterocycles. The number of fused-ring (bicyclic) bond motifs is 1. The molecule has 0 spiro atoms. The van der Waals surface area contributed by atoms with Gasteiger partial charge in [0.05, 0.1) is 5.57 Å². The minimum Gasteiger partial charge on any atom is -0.477 e. The van der Waals surface area contributed by atoms with Crippen LogP contribution in [0.1, 0.15) is 5.82 Å². The zero-order chi connectivity index (χ0) is 12.9. The van der Waals surface area contributed by atoms with Crippen molar-refractivity contribution in [1.82, 2.24) is 19.7 Å². The first-order valence-electron chi connectivity index (χ1n) is 5.07. The molecule has 1 amide bonds. The van der Waals surface area contributed by atoms with E-state index in [1.807, 2.05) is 0 Å². The Labute approximate surface area is 106 Å². The Hall–Kier alpha value is -2.09. The van der Waals surface area contributed by atoms with Crippen molar-refractivity contribution < 1.29 is 14.7 Å². The van der Waals surface area contributed by atoms with E-state index in [1.165, 1.54) is 33.1 Å². The summed E-state index contributed by atoms with van der Waals surface area (Å²) in [5.41, 5.74) is 0.555. The molecule has 8 heteroatoms. The summed E-state index contributed by atoms with van der Waals surface area (Å²) in [7, 11) is 1.73. The zero-order valence-corrected chi connectivity index (χ0v) is 10.1. The Morgan fingerprint density at radius 2 is 2.39 bits per heavy atom. The SMILES string of the molecule is Cn1cnc(/C=C2/C(=O)N3C(C(=O)O)=CS[C@H]23)n1. The predicted molar refractivity (Wildman–Crippen MR) is 62.9 cm³/mol. The average Bonchev–Trinajstić information content (AvgIpc) is 2.89. The molecule has 3 heterocycles. The monoisotopic (exact) mass is 264 g/mol. The van der Waals surface area contributed by atoms with Crippen LogP contribution >= 0.6 is 11.8 Å². The van der Waals surface area contributed by atoms with E-state index in [0.717, 1.165) is 0 Å². The standard InChI is InChI=1S/C10H8N4O3S/c1-13-4-11-7(12-13)2-5-8(15)14-6(10(16)17)3-18-9(5)14/h2-4,9H,1H3,(H,16,17)/b5-2-/t9-/m1/s1. The van der Waals surface area contributed by atoms with Gasteiger partial charge in [-0.3, -0.25) is 14.4 Å². The minimum absolute atomic E-state index is 0.0288. The maximum Gasteiger partial charge on any atom is 0.353 e. The molecule has 0 bridgehead atoms. The second kappa shape index (κ2) is 3.70. The topological polar surface area (TPSA) is 88.3 Å². The minimum atomic E-state index is -1.09. The van der Waals surface area contributed by atoms with Gasteiger partial charge < -0.3 is 5.11 Å². The fraction of sp³-hybridized carbons (Fsp3) is 0.200. The van der Waals surface area contributed by atoms with E-state index < -0.39 is 5.97 Å². The molecule has 18 heavy (non-hydrogen) atoms. The number of aliphatic carboxylic acids is 1. The summed E-state index contributed by atoms with van der Waals surface area (Å²) >= 11 is 1.30. The number of hydrogen-bond acceptors (Lipinski definition) is 5. The predicted octanol–water partition coefficient (Wildman–Crippen LogP) is 0.0396. The number of amides is 1. The molecule has 3 rings (SSSR count). The normalized spacial score (nSPS) is 23.9. The summed E-state index contributed by atoms with van der Waals surface area (Å²) in [4.78, 5) is 28.0. The molecule has 92 valence electrons. The third kappa shape index (κ3) is 1.46. The van der Waals surface area contributed by atoms with E-state index in [4.69, 9.17) is 5.11 Å². The van der Waals surface area contributed by atoms with Crippen molar-refractivity contribution >= 4 is 29.7 Å². The molecule has 2 aliphatic rings. The summed E-state index contributed by atoms with van der Waals surface area (Å²) in [6.07, 6.45) is 3.13. The largest absolute Gasteiger partial charge is 0.477 e. The number of aromatic nitrogens is 3. The number of β-lactam (4-membered cyclic amide) rings is 1. The Balaban J connectivity index is 1.86. The molecule has 1 saturated heterocycles. The second-order valence-corrected chi connectivity index (χ2v) is 4.80. The molecule has 0 saturated carbocycles. The summed E-state index contributed by atoms with van der Waals surface area (Å²) < 4.78 is 1.54.